The van der Waals surface area contributed by atoms with Crippen LogP contribution >= 0.6 is 11.3 Å². The van der Waals surface area contributed by atoms with Crippen molar-refractivity contribution in [1.82, 2.24) is 4.90 Å². The van der Waals surface area contributed by atoms with E-state index in [0.717, 1.165) is 69.1 Å². The van der Waals surface area contributed by atoms with Gasteiger partial charge in [-0.1, -0.05) is 18.8 Å². The molecule has 0 aromatic carbocycles. The summed E-state index contributed by atoms with van der Waals surface area (Å²) < 4.78 is 12.0. The van der Waals surface area contributed by atoms with E-state index in [-0.39, 0.29) is 46.5 Å². The first-order valence-electron chi connectivity index (χ1n) is 16.0. The van der Waals surface area contributed by atoms with Gasteiger partial charge in [0, 0.05) is 23.9 Å². The first kappa shape index (κ1) is 33.3. The van der Waals surface area contributed by atoms with Crippen LogP contribution in [-0.2, 0) is 14.3 Å². The van der Waals surface area contributed by atoms with Crippen LogP contribution in [0.2, 0.25) is 0 Å². The average Bonchev–Trinajstić information content (AvgIpc) is 3.55. The van der Waals surface area contributed by atoms with Crippen molar-refractivity contribution < 1.29 is 29.0 Å². The number of ether oxygens (including phenoxy) is 2. The Morgan fingerprint density at radius 1 is 0.953 bits per heavy atom. The summed E-state index contributed by atoms with van der Waals surface area (Å²) in [5.74, 6) is 5.93. The predicted octanol–water partition coefficient (Wildman–Crippen LogP) is 7.34. The molecule has 8 nitrogen and oxygen atoms in total. The van der Waals surface area contributed by atoms with E-state index in [4.69, 9.17) is 9.47 Å². The Hall–Kier alpha value is -2.57. The first-order valence-corrected chi connectivity index (χ1v) is 16.8. The van der Waals surface area contributed by atoms with Crippen LogP contribution in [0.5, 0.6) is 0 Å². The van der Waals surface area contributed by atoms with Crippen LogP contribution in [0, 0.1) is 29.1 Å². The number of carboxylic acid groups (broad SMARTS) is 1. The number of carbonyl (C=O) groups excluding carboxylic acids is 2. The van der Waals surface area contributed by atoms with Crippen molar-refractivity contribution in [1.29, 1.82) is 0 Å². The molecule has 3 fully saturated rings. The molecule has 2 amide bonds. The number of amides is 2. The van der Waals surface area contributed by atoms with E-state index in [1.54, 1.807) is 4.90 Å². The second-order valence-electron chi connectivity index (χ2n) is 14.7. The Morgan fingerprint density at radius 3 is 2.19 bits per heavy atom. The maximum absolute atomic E-state index is 14.2. The highest BCUT2D eigenvalue weighted by Gasteiger charge is 2.39. The molecule has 2 saturated carbocycles. The van der Waals surface area contributed by atoms with Crippen molar-refractivity contribution in [2.45, 2.75) is 130 Å². The summed E-state index contributed by atoms with van der Waals surface area (Å²) in [7, 11) is 0. The van der Waals surface area contributed by atoms with E-state index in [9.17, 15) is 19.5 Å². The zero-order valence-corrected chi connectivity index (χ0v) is 27.8. The van der Waals surface area contributed by atoms with Gasteiger partial charge in [-0.2, -0.15) is 0 Å². The zero-order valence-electron chi connectivity index (χ0n) is 27.0. The number of rotatable bonds is 6. The fourth-order valence-corrected chi connectivity index (χ4v) is 7.11. The molecule has 43 heavy (non-hydrogen) atoms. The molecule has 1 aromatic rings. The van der Waals surface area contributed by atoms with Gasteiger partial charge in [0.2, 0.25) is 5.91 Å². The molecule has 1 aromatic heterocycles. The number of likely N-dealkylation sites (tertiary alicyclic amines) is 1. The van der Waals surface area contributed by atoms with Gasteiger partial charge in [-0.25, -0.2) is 9.59 Å². The SMILES string of the molecule is CC1CCC(C(=O)N(c2cc(C#CC(C)(C)C)sc2C(=O)O)[C@H]2CC[C@H](O[C@H]3CCN(C(=O)OC(C)(C)C)C3)CC2)CC1. The molecule has 9 heteroatoms. The number of carbonyl (C=O) groups is 3. The van der Waals surface area contributed by atoms with Crippen LogP contribution in [0.4, 0.5) is 10.5 Å². The Labute approximate surface area is 261 Å². The highest BCUT2D eigenvalue weighted by molar-refractivity contribution is 7.15. The molecule has 1 N–H and O–H groups in total. The van der Waals surface area contributed by atoms with Gasteiger partial charge >= 0.3 is 12.1 Å². The number of thiophene rings is 1. The second kappa shape index (κ2) is 13.6. The molecular formula is C34H50N2O6S. The molecule has 3 aliphatic rings. The Kier molecular flexibility index (Phi) is 10.5. The smallest absolute Gasteiger partial charge is 0.410 e. The van der Waals surface area contributed by atoms with Crippen molar-refractivity contribution in [3.8, 4) is 11.8 Å². The molecule has 0 bridgehead atoms. The van der Waals surface area contributed by atoms with Crippen LogP contribution in [0.15, 0.2) is 6.07 Å². The van der Waals surface area contributed by atoms with Crippen LogP contribution < -0.4 is 4.90 Å². The van der Waals surface area contributed by atoms with Gasteiger partial charge in [0.05, 0.1) is 29.3 Å². The fourth-order valence-electron chi connectivity index (χ4n) is 6.27. The Morgan fingerprint density at radius 2 is 1.60 bits per heavy atom. The number of hydrogen-bond donors (Lipinski definition) is 1. The van der Waals surface area contributed by atoms with Crippen LogP contribution in [-0.4, -0.2) is 64.9 Å². The Balaban J connectivity index is 1.48. The van der Waals surface area contributed by atoms with Gasteiger partial charge in [0.1, 0.15) is 10.5 Å². The summed E-state index contributed by atoms with van der Waals surface area (Å²) in [5, 5.41) is 10.2. The van der Waals surface area contributed by atoms with E-state index in [2.05, 4.69) is 18.8 Å². The highest BCUT2D eigenvalue weighted by Crippen LogP contribution is 2.39. The van der Waals surface area contributed by atoms with E-state index in [1.165, 1.54) is 0 Å². The Bertz CT molecular complexity index is 1220. The maximum atomic E-state index is 14.2. The number of carboxylic acids is 1. The minimum Gasteiger partial charge on any atom is -0.477 e. The zero-order chi connectivity index (χ0) is 31.5. The average molecular weight is 615 g/mol. The standard InChI is InChI=1S/C34H50N2O6S/c1-22-8-10-23(11-9-22)30(37)36(28-20-27(16-18-33(2,3)4)43-29(28)31(38)39)24-12-14-25(15-13-24)41-26-17-19-35(21-26)32(40)42-34(5,6)7/h20,22-26H,8-15,17,19,21H2,1-7H3,(H,38,39)/t22?,23?,24-,25-,26-/m0/s1. The highest BCUT2D eigenvalue weighted by atomic mass is 32.1. The third kappa shape index (κ3) is 9.21. The lowest BCUT2D eigenvalue weighted by atomic mass is 9.81. The van der Waals surface area contributed by atoms with E-state index in [0.29, 0.717) is 29.6 Å². The van der Waals surface area contributed by atoms with Gasteiger partial charge in [-0.3, -0.25) is 4.79 Å². The molecule has 1 aliphatic heterocycles. The molecular weight excluding hydrogens is 564 g/mol. The predicted molar refractivity (Wildman–Crippen MR) is 170 cm³/mol. The molecule has 0 spiro atoms. The summed E-state index contributed by atoms with van der Waals surface area (Å²) in [4.78, 5) is 43.5. The van der Waals surface area contributed by atoms with Gasteiger partial charge in [-0.05, 0) is 111 Å². The summed E-state index contributed by atoms with van der Waals surface area (Å²) in [6.07, 6.45) is 7.24. The van der Waals surface area contributed by atoms with Gasteiger partial charge in [-0.15, -0.1) is 11.3 Å². The fraction of sp³-hybridized carbons (Fsp3) is 0.735. The third-order valence-electron chi connectivity index (χ3n) is 8.52. The quantitative estimate of drug-likeness (QED) is 0.337. The summed E-state index contributed by atoms with van der Waals surface area (Å²) >= 11 is 1.16. The molecule has 4 rings (SSSR count). The van der Waals surface area contributed by atoms with Crippen molar-refractivity contribution in [2.24, 2.45) is 17.3 Å². The van der Waals surface area contributed by atoms with Gasteiger partial charge < -0.3 is 24.4 Å². The molecule has 0 radical (unpaired) electrons. The molecule has 238 valence electrons. The maximum Gasteiger partial charge on any atom is 0.410 e. The number of nitrogens with zero attached hydrogens (tertiary/aromatic N) is 2. The molecule has 0 unspecified atom stereocenters. The lowest BCUT2D eigenvalue weighted by molar-refractivity contribution is -0.124. The molecule has 2 heterocycles. The van der Waals surface area contributed by atoms with E-state index < -0.39 is 11.6 Å². The van der Waals surface area contributed by atoms with Crippen molar-refractivity contribution in [3.05, 3.63) is 15.8 Å². The summed E-state index contributed by atoms with van der Waals surface area (Å²) in [6.45, 7) is 15.0. The van der Waals surface area contributed by atoms with Crippen molar-refractivity contribution >= 4 is 35.0 Å². The van der Waals surface area contributed by atoms with Gasteiger partial charge in [0.15, 0.2) is 0 Å². The van der Waals surface area contributed by atoms with Crippen LogP contribution in [0.25, 0.3) is 0 Å². The minimum absolute atomic E-state index is 0.0320. The van der Waals surface area contributed by atoms with Gasteiger partial charge in [0.25, 0.3) is 0 Å². The summed E-state index contributed by atoms with van der Waals surface area (Å²) in [5.41, 5.74) is -0.257. The summed E-state index contributed by atoms with van der Waals surface area (Å²) in [6, 6.07) is 1.73. The largest absolute Gasteiger partial charge is 0.477 e. The van der Waals surface area contributed by atoms with E-state index >= 15 is 0 Å². The number of anilines is 1. The second-order valence-corrected chi connectivity index (χ2v) is 15.8. The molecule has 1 atom stereocenters. The molecule has 2 aliphatic carbocycles. The van der Waals surface area contributed by atoms with E-state index in [1.807, 2.05) is 52.5 Å². The minimum atomic E-state index is -1.02. The van der Waals surface area contributed by atoms with Crippen LogP contribution in [0.1, 0.15) is 121 Å². The molecule has 1 saturated heterocycles. The monoisotopic (exact) mass is 614 g/mol. The third-order valence-corrected chi connectivity index (χ3v) is 9.55. The number of aromatic carboxylic acids is 1. The van der Waals surface area contributed by atoms with Crippen molar-refractivity contribution in [3.63, 3.8) is 0 Å². The first-order chi connectivity index (χ1) is 20.1. The normalized spacial score (nSPS) is 26.4. The lowest BCUT2D eigenvalue weighted by Crippen LogP contribution is -2.47. The lowest BCUT2D eigenvalue weighted by Gasteiger charge is -2.40. The number of hydrogen-bond acceptors (Lipinski definition) is 6. The van der Waals surface area contributed by atoms with Crippen molar-refractivity contribution in [2.75, 3.05) is 18.0 Å². The van der Waals surface area contributed by atoms with Crippen LogP contribution in [0.3, 0.4) is 0 Å². The topological polar surface area (TPSA) is 96.4 Å².